The van der Waals surface area contributed by atoms with Crippen molar-refractivity contribution in [1.29, 1.82) is 0 Å². The molecule has 2 aromatic rings. The van der Waals surface area contributed by atoms with Gasteiger partial charge in [0.15, 0.2) is 5.72 Å². The highest BCUT2D eigenvalue weighted by Crippen LogP contribution is 2.45. The summed E-state index contributed by atoms with van der Waals surface area (Å²) in [4.78, 5) is 21.2. The van der Waals surface area contributed by atoms with Gasteiger partial charge in [0.25, 0.3) is 0 Å². The van der Waals surface area contributed by atoms with Gasteiger partial charge in [-0.05, 0) is 36.2 Å². The zero-order chi connectivity index (χ0) is 19.0. The first-order valence-corrected chi connectivity index (χ1v) is 10.0. The summed E-state index contributed by atoms with van der Waals surface area (Å²) in [6.45, 7) is 3.80. The lowest BCUT2D eigenvalue weighted by molar-refractivity contribution is -0.180. The summed E-state index contributed by atoms with van der Waals surface area (Å²) in [7, 11) is 0. The van der Waals surface area contributed by atoms with Crippen molar-refractivity contribution in [3.8, 4) is 5.75 Å². The standard InChI is InChI=1S/C22H25N3O3/c26-21-14-20-22(25(21)10-4-12-28-22)8-11-24(20)15-17-5-3-7-19(13-17)27-16-18-6-1-2-9-23-18/h1-3,5-7,9,13,20H,4,8,10-12,14-16H2/t20-,22+/m1/s1. The van der Waals surface area contributed by atoms with Crippen LogP contribution in [0.5, 0.6) is 5.75 Å². The van der Waals surface area contributed by atoms with E-state index in [-0.39, 0.29) is 17.7 Å². The average Bonchev–Trinajstić information content (AvgIpc) is 3.20. The second kappa shape index (κ2) is 7.18. The molecule has 3 saturated heterocycles. The highest BCUT2D eigenvalue weighted by molar-refractivity contribution is 5.81. The summed E-state index contributed by atoms with van der Waals surface area (Å²) >= 11 is 0. The summed E-state index contributed by atoms with van der Waals surface area (Å²) in [5.41, 5.74) is 1.72. The maximum Gasteiger partial charge on any atom is 0.226 e. The molecule has 1 aromatic carbocycles. The molecule has 1 spiro atoms. The van der Waals surface area contributed by atoms with Crippen molar-refractivity contribution in [2.45, 2.75) is 44.2 Å². The number of carbonyl (C=O) groups excluding carboxylic acids is 1. The summed E-state index contributed by atoms with van der Waals surface area (Å²) in [5, 5.41) is 0. The number of ether oxygens (including phenoxy) is 2. The van der Waals surface area contributed by atoms with Crippen LogP contribution < -0.4 is 4.74 Å². The molecule has 0 radical (unpaired) electrons. The van der Waals surface area contributed by atoms with Crippen molar-refractivity contribution >= 4 is 5.91 Å². The Morgan fingerprint density at radius 1 is 1.21 bits per heavy atom. The zero-order valence-electron chi connectivity index (χ0n) is 15.9. The smallest absolute Gasteiger partial charge is 0.226 e. The van der Waals surface area contributed by atoms with E-state index in [0.29, 0.717) is 13.0 Å². The number of aromatic nitrogens is 1. The average molecular weight is 379 g/mol. The first-order chi connectivity index (χ1) is 13.7. The lowest BCUT2D eigenvalue weighted by Crippen LogP contribution is -2.56. The van der Waals surface area contributed by atoms with E-state index < -0.39 is 0 Å². The molecule has 1 aromatic heterocycles. The summed E-state index contributed by atoms with van der Waals surface area (Å²) in [5.74, 6) is 1.08. The maximum atomic E-state index is 12.5. The molecule has 146 valence electrons. The van der Waals surface area contributed by atoms with Crippen LogP contribution in [0.1, 0.15) is 30.5 Å². The molecule has 28 heavy (non-hydrogen) atoms. The fourth-order valence-electron chi connectivity index (χ4n) is 4.83. The Morgan fingerprint density at radius 2 is 2.18 bits per heavy atom. The molecule has 2 atom stereocenters. The van der Waals surface area contributed by atoms with Crippen LogP contribution in [-0.4, -0.2) is 52.2 Å². The molecule has 6 heteroatoms. The third-order valence-electron chi connectivity index (χ3n) is 6.12. The molecule has 0 N–H and O–H groups in total. The van der Waals surface area contributed by atoms with Crippen molar-refractivity contribution in [2.24, 2.45) is 0 Å². The lowest BCUT2D eigenvalue weighted by Gasteiger charge is -2.42. The van der Waals surface area contributed by atoms with E-state index in [1.807, 2.05) is 35.2 Å². The van der Waals surface area contributed by atoms with E-state index >= 15 is 0 Å². The number of rotatable bonds is 5. The first kappa shape index (κ1) is 17.6. The Bertz CT molecular complexity index is 859. The number of nitrogens with zero attached hydrogens (tertiary/aromatic N) is 3. The number of pyridine rings is 1. The van der Waals surface area contributed by atoms with Crippen LogP contribution in [0.25, 0.3) is 0 Å². The molecule has 5 rings (SSSR count). The molecule has 0 saturated carbocycles. The maximum absolute atomic E-state index is 12.5. The number of hydrogen-bond donors (Lipinski definition) is 0. The molecule has 3 aliphatic rings. The van der Waals surface area contributed by atoms with Gasteiger partial charge in [0, 0.05) is 38.7 Å². The van der Waals surface area contributed by atoms with Crippen LogP contribution >= 0.6 is 0 Å². The van der Waals surface area contributed by atoms with Crippen LogP contribution in [0.4, 0.5) is 0 Å². The second-order valence-electron chi connectivity index (χ2n) is 7.79. The van der Waals surface area contributed by atoms with Gasteiger partial charge < -0.3 is 14.4 Å². The van der Waals surface area contributed by atoms with Gasteiger partial charge in [0.2, 0.25) is 5.91 Å². The van der Waals surface area contributed by atoms with Crippen molar-refractivity contribution in [1.82, 2.24) is 14.8 Å². The van der Waals surface area contributed by atoms with Gasteiger partial charge in [-0.2, -0.15) is 0 Å². The van der Waals surface area contributed by atoms with Crippen LogP contribution in [0.15, 0.2) is 48.7 Å². The largest absolute Gasteiger partial charge is 0.487 e. The molecule has 0 bridgehead atoms. The van der Waals surface area contributed by atoms with Crippen molar-refractivity contribution in [3.05, 3.63) is 59.9 Å². The topological polar surface area (TPSA) is 54.9 Å². The molecule has 0 unspecified atom stereocenters. The fraction of sp³-hybridized carbons (Fsp3) is 0.455. The number of hydrogen-bond acceptors (Lipinski definition) is 5. The van der Waals surface area contributed by atoms with E-state index in [0.717, 1.165) is 50.5 Å². The molecule has 3 fully saturated rings. The number of amides is 1. The van der Waals surface area contributed by atoms with Gasteiger partial charge >= 0.3 is 0 Å². The van der Waals surface area contributed by atoms with Crippen LogP contribution in [0.2, 0.25) is 0 Å². The van der Waals surface area contributed by atoms with Crippen LogP contribution in [0.3, 0.4) is 0 Å². The van der Waals surface area contributed by atoms with Gasteiger partial charge in [-0.3, -0.25) is 14.7 Å². The predicted molar refractivity (Wildman–Crippen MR) is 103 cm³/mol. The van der Waals surface area contributed by atoms with E-state index in [1.54, 1.807) is 6.20 Å². The fourth-order valence-corrected chi connectivity index (χ4v) is 4.83. The van der Waals surface area contributed by atoms with Crippen LogP contribution in [-0.2, 0) is 22.7 Å². The molecule has 0 aliphatic carbocycles. The van der Waals surface area contributed by atoms with Gasteiger partial charge in [-0.15, -0.1) is 0 Å². The summed E-state index contributed by atoms with van der Waals surface area (Å²) in [6, 6.07) is 14.2. The van der Waals surface area contributed by atoms with E-state index in [2.05, 4.69) is 22.0 Å². The third-order valence-corrected chi connectivity index (χ3v) is 6.12. The van der Waals surface area contributed by atoms with Gasteiger partial charge in [0.1, 0.15) is 12.4 Å². The third kappa shape index (κ3) is 3.06. The zero-order valence-corrected chi connectivity index (χ0v) is 15.9. The molecule has 4 heterocycles. The minimum absolute atomic E-state index is 0.151. The highest BCUT2D eigenvalue weighted by Gasteiger charge is 2.60. The second-order valence-corrected chi connectivity index (χ2v) is 7.79. The molecular weight excluding hydrogens is 354 g/mol. The Labute approximate surface area is 165 Å². The minimum Gasteiger partial charge on any atom is -0.487 e. The SMILES string of the molecule is O=C1C[C@H]2N(Cc3cccc(OCc4ccccn4)c3)CC[C@]23OCCCN13. The molecule has 1 amide bonds. The molecular formula is C22H25N3O3. The molecule has 3 aliphatic heterocycles. The van der Waals surface area contributed by atoms with Gasteiger partial charge in [-0.1, -0.05) is 18.2 Å². The number of likely N-dealkylation sites (tertiary alicyclic amines) is 1. The lowest BCUT2D eigenvalue weighted by atomic mass is 10.0. The van der Waals surface area contributed by atoms with Crippen LogP contribution in [0, 0.1) is 0 Å². The van der Waals surface area contributed by atoms with Gasteiger partial charge in [0.05, 0.1) is 18.3 Å². The summed E-state index contributed by atoms with van der Waals surface area (Å²) < 4.78 is 12.1. The van der Waals surface area contributed by atoms with E-state index in [1.165, 1.54) is 5.56 Å². The summed E-state index contributed by atoms with van der Waals surface area (Å²) in [6.07, 6.45) is 4.18. The van der Waals surface area contributed by atoms with E-state index in [9.17, 15) is 4.79 Å². The highest BCUT2D eigenvalue weighted by atomic mass is 16.5. The minimum atomic E-state index is -0.386. The normalized spacial score (nSPS) is 26.9. The number of carbonyl (C=O) groups is 1. The van der Waals surface area contributed by atoms with Crippen molar-refractivity contribution < 1.29 is 14.3 Å². The monoisotopic (exact) mass is 379 g/mol. The van der Waals surface area contributed by atoms with E-state index in [4.69, 9.17) is 9.47 Å². The quantitative estimate of drug-likeness (QED) is 0.799. The Balaban J connectivity index is 1.27. The van der Waals surface area contributed by atoms with Gasteiger partial charge in [-0.25, -0.2) is 0 Å². The predicted octanol–water partition coefficient (Wildman–Crippen LogP) is 2.58. The Kier molecular flexibility index (Phi) is 4.53. The Hall–Kier alpha value is -2.44. The molecule has 6 nitrogen and oxygen atoms in total. The number of benzene rings is 1. The first-order valence-electron chi connectivity index (χ1n) is 10.0. The Morgan fingerprint density at radius 3 is 3.07 bits per heavy atom. The van der Waals surface area contributed by atoms with Crippen molar-refractivity contribution in [3.63, 3.8) is 0 Å². The van der Waals surface area contributed by atoms with Crippen molar-refractivity contribution in [2.75, 3.05) is 19.7 Å².